The van der Waals surface area contributed by atoms with Gasteiger partial charge in [0.25, 0.3) is 0 Å². The van der Waals surface area contributed by atoms with Gasteiger partial charge in [0.1, 0.15) is 23.9 Å². The quantitative estimate of drug-likeness (QED) is 0.666. The van der Waals surface area contributed by atoms with Gasteiger partial charge in [0.05, 0.1) is 5.02 Å². The number of pyridine rings is 1. The topological polar surface area (TPSA) is 72.0 Å². The Morgan fingerprint density at radius 1 is 1.42 bits per heavy atom. The number of rotatable bonds is 4. The predicted molar refractivity (Wildman–Crippen MR) is 75.8 cm³/mol. The van der Waals surface area contributed by atoms with Crippen molar-refractivity contribution in [3.05, 3.63) is 58.4 Å². The monoisotopic (exact) mass is 275 g/mol. The molecule has 5 heteroatoms. The Morgan fingerprint density at radius 3 is 2.95 bits per heavy atom. The first-order chi connectivity index (χ1) is 9.08. The number of hydrogen-bond donors (Lipinski definition) is 2. The minimum absolute atomic E-state index is 0.0745. The third-order valence-electron chi connectivity index (χ3n) is 2.62. The molecule has 0 saturated heterocycles. The first kappa shape index (κ1) is 13.4. The molecule has 1 aromatic heterocycles. The minimum Gasteiger partial charge on any atom is -0.487 e. The van der Waals surface area contributed by atoms with Crippen LogP contribution in [-0.2, 0) is 6.61 Å². The fraction of sp³-hybridized carbons (Fsp3) is 0.143. The Labute approximate surface area is 116 Å². The third-order valence-corrected chi connectivity index (χ3v) is 2.93. The number of nitrogens with zero attached hydrogens (tertiary/aromatic N) is 1. The van der Waals surface area contributed by atoms with Gasteiger partial charge in [0, 0.05) is 11.8 Å². The molecule has 0 unspecified atom stereocenters. The van der Waals surface area contributed by atoms with Crippen molar-refractivity contribution >= 4 is 17.4 Å². The summed E-state index contributed by atoms with van der Waals surface area (Å²) in [5.74, 6) is 0.537. The Hall–Kier alpha value is -2.07. The molecule has 2 aromatic rings. The molecule has 0 fully saturated rings. The van der Waals surface area contributed by atoms with Crippen molar-refractivity contribution in [1.29, 1.82) is 5.41 Å². The number of amidine groups is 1. The molecule has 1 aromatic carbocycles. The normalized spacial score (nSPS) is 10.2. The average molecular weight is 276 g/mol. The highest BCUT2D eigenvalue weighted by Gasteiger charge is 2.08. The van der Waals surface area contributed by atoms with Gasteiger partial charge >= 0.3 is 0 Å². The second-order valence-electron chi connectivity index (χ2n) is 4.15. The number of nitrogens with two attached hydrogens (primary N) is 1. The summed E-state index contributed by atoms with van der Waals surface area (Å²) in [7, 11) is 0. The van der Waals surface area contributed by atoms with Crippen LogP contribution in [0.3, 0.4) is 0 Å². The highest BCUT2D eigenvalue weighted by atomic mass is 35.5. The second kappa shape index (κ2) is 5.71. The molecule has 0 radical (unpaired) electrons. The summed E-state index contributed by atoms with van der Waals surface area (Å²) in [5, 5.41) is 8.02. The van der Waals surface area contributed by atoms with Crippen LogP contribution < -0.4 is 10.5 Å². The number of nitrogen functional groups attached to an aromatic ring is 1. The van der Waals surface area contributed by atoms with Crippen LogP contribution in [0.2, 0.25) is 5.02 Å². The van der Waals surface area contributed by atoms with Crippen LogP contribution in [-0.4, -0.2) is 10.8 Å². The fourth-order valence-corrected chi connectivity index (χ4v) is 1.85. The maximum absolute atomic E-state index is 7.47. The van der Waals surface area contributed by atoms with Crippen molar-refractivity contribution in [1.82, 2.24) is 4.98 Å². The molecular weight excluding hydrogens is 262 g/mol. The van der Waals surface area contributed by atoms with E-state index in [1.54, 1.807) is 18.3 Å². The molecule has 0 amide bonds. The fourth-order valence-electron chi connectivity index (χ4n) is 1.67. The van der Waals surface area contributed by atoms with Crippen molar-refractivity contribution < 1.29 is 4.74 Å². The summed E-state index contributed by atoms with van der Waals surface area (Å²) in [5.41, 5.74) is 7.74. The van der Waals surface area contributed by atoms with Crippen molar-refractivity contribution in [2.45, 2.75) is 13.5 Å². The van der Waals surface area contributed by atoms with Gasteiger partial charge in [-0.25, -0.2) is 0 Å². The number of benzene rings is 1. The van der Waals surface area contributed by atoms with E-state index < -0.39 is 0 Å². The summed E-state index contributed by atoms with van der Waals surface area (Å²) in [6, 6.07) is 9.18. The first-order valence-corrected chi connectivity index (χ1v) is 6.13. The summed E-state index contributed by atoms with van der Waals surface area (Å²) in [6.45, 7) is 2.24. The lowest BCUT2D eigenvalue weighted by molar-refractivity contribution is 0.305. The highest BCUT2D eigenvalue weighted by Crippen LogP contribution is 2.26. The standard InChI is InChI=1S/C14H14ClN3O/c1-9-4-5-11(15)12(7-9)19-8-10-3-2-6-18-13(10)14(16)17/h2-7H,8H2,1H3,(H3,16,17). The van der Waals surface area contributed by atoms with Crippen LogP contribution in [0.15, 0.2) is 36.5 Å². The lowest BCUT2D eigenvalue weighted by Gasteiger charge is -2.11. The SMILES string of the molecule is Cc1ccc(Cl)c(OCc2cccnc2C(=N)N)c1. The number of aryl methyl sites for hydroxylation is 1. The second-order valence-corrected chi connectivity index (χ2v) is 4.55. The van der Waals surface area contributed by atoms with Crippen LogP contribution in [0.1, 0.15) is 16.8 Å². The lowest BCUT2D eigenvalue weighted by Crippen LogP contribution is -2.16. The summed E-state index contributed by atoms with van der Waals surface area (Å²) >= 11 is 6.06. The van der Waals surface area contributed by atoms with Gasteiger partial charge < -0.3 is 10.5 Å². The van der Waals surface area contributed by atoms with E-state index >= 15 is 0 Å². The number of halogens is 1. The summed E-state index contributed by atoms with van der Waals surface area (Å²) < 4.78 is 5.67. The Morgan fingerprint density at radius 2 is 2.21 bits per heavy atom. The van der Waals surface area contributed by atoms with Gasteiger partial charge in [-0.1, -0.05) is 23.7 Å². The molecule has 0 saturated carbocycles. The molecule has 19 heavy (non-hydrogen) atoms. The molecule has 98 valence electrons. The number of nitrogens with one attached hydrogen (secondary N) is 1. The maximum atomic E-state index is 7.47. The highest BCUT2D eigenvalue weighted by molar-refractivity contribution is 6.32. The molecule has 0 bridgehead atoms. The van der Waals surface area contributed by atoms with Gasteiger partial charge in [-0.3, -0.25) is 10.4 Å². The average Bonchev–Trinajstić information content (AvgIpc) is 2.40. The van der Waals surface area contributed by atoms with Gasteiger partial charge in [0.15, 0.2) is 0 Å². The van der Waals surface area contributed by atoms with E-state index in [4.69, 9.17) is 27.5 Å². The molecule has 0 aliphatic rings. The summed E-state index contributed by atoms with van der Waals surface area (Å²) in [4.78, 5) is 4.07. The van der Waals surface area contributed by atoms with Crippen LogP contribution in [0, 0.1) is 12.3 Å². The van der Waals surface area contributed by atoms with E-state index in [9.17, 15) is 0 Å². The van der Waals surface area contributed by atoms with Crippen LogP contribution in [0.5, 0.6) is 5.75 Å². The Kier molecular flexibility index (Phi) is 4.02. The smallest absolute Gasteiger partial charge is 0.142 e. The van der Waals surface area contributed by atoms with E-state index in [1.165, 1.54) is 0 Å². The van der Waals surface area contributed by atoms with Crippen molar-refractivity contribution in [2.24, 2.45) is 5.73 Å². The largest absolute Gasteiger partial charge is 0.487 e. The van der Waals surface area contributed by atoms with Crippen LogP contribution in [0.4, 0.5) is 0 Å². The zero-order valence-corrected chi connectivity index (χ0v) is 11.2. The van der Waals surface area contributed by atoms with E-state index in [2.05, 4.69) is 4.98 Å². The third kappa shape index (κ3) is 3.23. The van der Waals surface area contributed by atoms with Crippen LogP contribution in [0.25, 0.3) is 0 Å². The zero-order valence-electron chi connectivity index (χ0n) is 10.5. The van der Waals surface area contributed by atoms with Crippen molar-refractivity contribution in [3.63, 3.8) is 0 Å². The van der Waals surface area contributed by atoms with Gasteiger partial charge in [0.2, 0.25) is 0 Å². The summed E-state index contributed by atoms with van der Waals surface area (Å²) in [6.07, 6.45) is 1.60. The van der Waals surface area contributed by atoms with E-state index in [1.807, 2.05) is 25.1 Å². The first-order valence-electron chi connectivity index (χ1n) is 5.75. The number of ether oxygens (including phenoxy) is 1. The maximum Gasteiger partial charge on any atom is 0.142 e. The van der Waals surface area contributed by atoms with Gasteiger partial charge in [-0.2, -0.15) is 0 Å². The molecule has 0 spiro atoms. The van der Waals surface area contributed by atoms with Crippen molar-refractivity contribution in [2.75, 3.05) is 0 Å². The lowest BCUT2D eigenvalue weighted by atomic mass is 10.2. The number of aromatic nitrogens is 1. The molecular formula is C14H14ClN3O. The minimum atomic E-state index is -0.0745. The van der Waals surface area contributed by atoms with Crippen LogP contribution >= 0.6 is 11.6 Å². The zero-order chi connectivity index (χ0) is 13.8. The molecule has 0 aliphatic carbocycles. The predicted octanol–water partition coefficient (Wildman–Crippen LogP) is 2.91. The Bertz CT molecular complexity index is 613. The molecule has 0 aliphatic heterocycles. The molecule has 2 rings (SSSR count). The molecule has 1 heterocycles. The van der Waals surface area contributed by atoms with E-state index in [-0.39, 0.29) is 12.4 Å². The van der Waals surface area contributed by atoms with Gasteiger partial charge in [-0.05, 0) is 30.7 Å². The number of hydrogen-bond acceptors (Lipinski definition) is 3. The van der Waals surface area contributed by atoms with Crippen molar-refractivity contribution in [3.8, 4) is 5.75 Å². The Balaban J connectivity index is 2.19. The molecule has 3 N–H and O–H groups in total. The molecule has 0 atom stereocenters. The molecule has 4 nitrogen and oxygen atoms in total. The van der Waals surface area contributed by atoms with E-state index in [0.717, 1.165) is 11.1 Å². The van der Waals surface area contributed by atoms with Gasteiger partial charge in [-0.15, -0.1) is 0 Å². The van der Waals surface area contributed by atoms with E-state index in [0.29, 0.717) is 16.5 Å².